The fraction of sp³-hybridized carbons (Fsp3) is 0.500. The molecular weight excluding hydrogens is 473 g/mol. The molecule has 2 N–H and O–H groups in total. The lowest BCUT2D eigenvalue weighted by molar-refractivity contribution is 0.260. The van der Waals surface area contributed by atoms with Gasteiger partial charge in [-0.25, -0.2) is 9.97 Å². The Bertz CT molecular complexity index is 699. The molecule has 0 spiro atoms. The Morgan fingerprint density at radius 3 is 2.56 bits per heavy atom. The van der Waals surface area contributed by atoms with Gasteiger partial charge in [0, 0.05) is 63.6 Å². The van der Waals surface area contributed by atoms with E-state index in [0.717, 1.165) is 57.7 Å². The maximum atomic E-state index is 4.33. The van der Waals surface area contributed by atoms with Crippen LogP contribution in [0.3, 0.4) is 0 Å². The Balaban J connectivity index is 0.00000261. The van der Waals surface area contributed by atoms with Crippen LogP contribution in [0.4, 0.5) is 5.95 Å². The highest BCUT2D eigenvalue weighted by Crippen LogP contribution is 2.14. The lowest BCUT2D eigenvalue weighted by atomic mass is 10.3. The second-order valence-electron chi connectivity index (χ2n) is 6.26. The number of anilines is 1. The molecule has 7 nitrogen and oxygen atoms in total. The zero-order chi connectivity index (χ0) is 18.2. The van der Waals surface area contributed by atoms with Gasteiger partial charge >= 0.3 is 0 Å². The Kier molecular flexibility index (Phi) is 9.22. The minimum atomic E-state index is 0. The SMILES string of the molecule is CN=C(NCCN1CCN(c2ncccn2)CC1)NCc1sccc1C.I. The summed E-state index contributed by atoms with van der Waals surface area (Å²) in [5.41, 5.74) is 1.33. The number of nitrogens with zero attached hydrogens (tertiary/aromatic N) is 5. The molecule has 1 saturated heterocycles. The first-order chi connectivity index (χ1) is 12.8. The summed E-state index contributed by atoms with van der Waals surface area (Å²) in [7, 11) is 1.81. The van der Waals surface area contributed by atoms with E-state index >= 15 is 0 Å². The van der Waals surface area contributed by atoms with Crippen LogP contribution in [0.2, 0.25) is 0 Å². The molecule has 3 heterocycles. The van der Waals surface area contributed by atoms with Crippen LogP contribution in [0.15, 0.2) is 34.9 Å². The summed E-state index contributed by atoms with van der Waals surface area (Å²) in [4.78, 5) is 19.0. The van der Waals surface area contributed by atoms with E-state index in [-0.39, 0.29) is 24.0 Å². The molecule has 0 aromatic carbocycles. The van der Waals surface area contributed by atoms with Crippen LogP contribution >= 0.6 is 35.3 Å². The van der Waals surface area contributed by atoms with E-state index in [2.05, 4.69) is 53.8 Å². The number of piperazine rings is 1. The Morgan fingerprint density at radius 1 is 1.19 bits per heavy atom. The van der Waals surface area contributed by atoms with Crippen LogP contribution in [0, 0.1) is 6.92 Å². The number of thiophene rings is 1. The number of hydrogen-bond acceptors (Lipinski definition) is 6. The Labute approximate surface area is 182 Å². The lowest BCUT2D eigenvalue weighted by Crippen LogP contribution is -2.49. The van der Waals surface area contributed by atoms with Crippen molar-refractivity contribution in [2.75, 3.05) is 51.2 Å². The van der Waals surface area contributed by atoms with Crippen LogP contribution in [0.1, 0.15) is 10.4 Å². The van der Waals surface area contributed by atoms with E-state index in [4.69, 9.17) is 0 Å². The van der Waals surface area contributed by atoms with Crippen molar-refractivity contribution in [2.45, 2.75) is 13.5 Å². The number of aryl methyl sites for hydroxylation is 1. The fourth-order valence-corrected chi connectivity index (χ4v) is 3.77. The van der Waals surface area contributed by atoms with E-state index < -0.39 is 0 Å². The van der Waals surface area contributed by atoms with Crippen LogP contribution in [0.25, 0.3) is 0 Å². The van der Waals surface area contributed by atoms with Gasteiger partial charge in [-0.1, -0.05) is 0 Å². The van der Waals surface area contributed by atoms with Crippen molar-refractivity contribution in [3.63, 3.8) is 0 Å². The number of aromatic nitrogens is 2. The second kappa shape index (κ2) is 11.4. The zero-order valence-electron chi connectivity index (χ0n) is 15.9. The van der Waals surface area contributed by atoms with E-state index in [0.29, 0.717) is 0 Å². The highest BCUT2D eigenvalue weighted by molar-refractivity contribution is 14.0. The third-order valence-electron chi connectivity index (χ3n) is 4.54. The molecule has 148 valence electrons. The molecule has 27 heavy (non-hydrogen) atoms. The molecule has 9 heteroatoms. The van der Waals surface area contributed by atoms with E-state index in [1.165, 1.54) is 10.4 Å². The first-order valence-corrected chi connectivity index (χ1v) is 9.86. The lowest BCUT2D eigenvalue weighted by Gasteiger charge is -2.34. The summed E-state index contributed by atoms with van der Waals surface area (Å²) >= 11 is 1.78. The molecule has 0 aliphatic carbocycles. The van der Waals surface area contributed by atoms with Crippen molar-refractivity contribution in [1.82, 2.24) is 25.5 Å². The summed E-state index contributed by atoms with van der Waals surface area (Å²) in [6.07, 6.45) is 3.60. The summed E-state index contributed by atoms with van der Waals surface area (Å²) < 4.78 is 0. The molecule has 2 aromatic rings. The van der Waals surface area contributed by atoms with E-state index in [1.54, 1.807) is 23.7 Å². The van der Waals surface area contributed by atoms with Crippen LogP contribution in [-0.2, 0) is 6.54 Å². The maximum absolute atomic E-state index is 4.33. The van der Waals surface area contributed by atoms with Gasteiger partial charge in [0.1, 0.15) is 0 Å². The molecule has 1 aliphatic rings. The number of nitrogens with one attached hydrogen (secondary N) is 2. The summed E-state index contributed by atoms with van der Waals surface area (Å²) in [6, 6.07) is 4.00. The predicted molar refractivity (Wildman–Crippen MR) is 123 cm³/mol. The van der Waals surface area contributed by atoms with Gasteiger partial charge in [-0.05, 0) is 30.0 Å². The minimum absolute atomic E-state index is 0. The highest BCUT2D eigenvalue weighted by atomic mass is 127. The van der Waals surface area contributed by atoms with Crippen LogP contribution in [-0.4, -0.2) is 67.1 Å². The molecule has 0 amide bonds. The normalized spacial score (nSPS) is 15.3. The number of aliphatic imine (C=N–C) groups is 1. The summed E-state index contributed by atoms with van der Waals surface area (Å²) in [5.74, 6) is 1.69. The monoisotopic (exact) mass is 501 g/mol. The molecule has 0 radical (unpaired) electrons. The van der Waals surface area contributed by atoms with Crippen LogP contribution in [0.5, 0.6) is 0 Å². The smallest absolute Gasteiger partial charge is 0.225 e. The second-order valence-corrected chi connectivity index (χ2v) is 7.26. The number of rotatable bonds is 6. The van der Waals surface area contributed by atoms with Gasteiger partial charge in [0.05, 0.1) is 6.54 Å². The van der Waals surface area contributed by atoms with Crippen molar-refractivity contribution in [3.8, 4) is 0 Å². The third-order valence-corrected chi connectivity index (χ3v) is 5.56. The van der Waals surface area contributed by atoms with E-state index in [9.17, 15) is 0 Å². The number of hydrogen-bond donors (Lipinski definition) is 2. The quantitative estimate of drug-likeness (QED) is 0.359. The summed E-state index contributed by atoms with van der Waals surface area (Å²) in [5, 5.41) is 8.92. The maximum Gasteiger partial charge on any atom is 0.225 e. The largest absolute Gasteiger partial charge is 0.355 e. The molecule has 2 aromatic heterocycles. The minimum Gasteiger partial charge on any atom is -0.355 e. The molecule has 0 bridgehead atoms. The van der Waals surface area contributed by atoms with Crippen molar-refractivity contribution < 1.29 is 0 Å². The van der Waals surface area contributed by atoms with Crippen molar-refractivity contribution in [3.05, 3.63) is 40.3 Å². The molecule has 0 atom stereocenters. The van der Waals surface area contributed by atoms with Gasteiger partial charge in [0.25, 0.3) is 0 Å². The van der Waals surface area contributed by atoms with Gasteiger partial charge in [-0.15, -0.1) is 35.3 Å². The molecule has 1 aliphatic heterocycles. The molecule has 3 rings (SSSR count). The van der Waals surface area contributed by atoms with Gasteiger partial charge in [0.2, 0.25) is 5.95 Å². The average molecular weight is 501 g/mol. The zero-order valence-corrected chi connectivity index (χ0v) is 19.0. The molecule has 0 unspecified atom stereocenters. The number of halogens is 1. The Hall–Kier alpha value is -1.46. The first-order valence-electron chi connectivity index (χ1n) is 8.98. The van der Waals surface area contributed by atoms with Crippen LogP contribution < -0.4 is 15.5 Å². The van der Waals surface area contributed by atoms with Crippen molar-refractivity contribution >= 4 is 47.2 Å². The third kappa shape index (κ3) is 6.58. The number of guanidine groups is 1. The van der Waals surface area contributed by atoms with Gasteiger partial charge < -0.3 is 15.5 Å². The topological polar surface area (TPSA) is 68.7 Å². The molecule has 0 saturated carbocycles. The Morgan fingerprint density at radius 2 is 1.93 bits per heavy atom. The van der Waals surface area contributed by atoms with Crippen molar-refractivity contribution in [1.29, 1.82) is 0 Å². The highest BCUT2D eigenvalue weighted by Gasteiger charge is 2.18. The molecular formula is C18H28IN7S. The standard InChI is InChI=1S/C18H27N7S.HI/c1-15-4-13-26-16(15)14-23-17(19-2)20-7-8-24-9-11-25(12-10-24)18-21-5-3-6-22-18;/h3-6,13H,7-12,14H2,1-2H3,(H2,19,20,23);1H. The van der Waals surface area contributed by atoms with Gasteiger partial charge in [-0.3, -0.25) is 9.89 Å². The van der Waals surface area contributed by atoms with Gasteiger partial charge in [-0.2, -0.15) is 0 Å². The summed E-state index contributed by atoms with van der Waals surface area (Å²) in [6.45, 7) is 8.83. The van der Waals surface area contributed by atoms with Gasteiger partial charge in [0.15, 0.2) is 5.96 Å². The average Bonchev–Trinajstić information content (AvgIpc) is 3.10. The van der Waals surface area contributed by atoms with E-state index in [1.807, 2.05) is 13.1 Å². The fourth-order valence-electron chi connectivity index (χ4n) is 2.93. The first kappa shape index (κ1) is 21.8. The molecule has 1 fully saturated rings. The van der Waals surface area contributed by atoms with Crippen molar-refractivity contribution in [2.24, 2.45) is 4.99 Å². The predicted octanol–water partition coefficient (Wildman–Crippen LogP) is 1.95.